The summed E-state index contributed by atoms with van der Waals surface area (Å²) in [4.78, 5) is 10.2. The van der Waals surface area contributed by atoms with Crippen LogP contribution in [0.4, 0.5) is 4.39 Å². The number of aliphatic carboxylic acids is 1. The molecule has 0 saturated heterocycles. The molecule has 0 aliphatic rings. The summed E-state index contributed by atoms with van der Waals surface area (Å²) in [6.07, 6.45) is 0. The fourth-order valence-electron chi connectivity index (χ4n) is 0.782. The Morgan fingerprint density at radius 3 is 2.25 bits per heavy atom. The molecule has 1 aromatic carbocycles. The molecule has 0 aliphatic carbocycles. The highest BCUT2D eigenvalue weighted by atomic mass is 19.2. The van der Waals surface area contributed by atoms with Crippen LogP contribution < -0.4 is 0 Å². The highest BCUT2D eigenvalue weighted by Crippen LogP contribution is 2.22. The van der Waals surface area contributed by atoms with E-state index in [1.807, 2.05) is 0 Å². The van der Waals surface area contributed by atoms with Crippen molar-refractivity contribution in [3.8, 4) is 0 Å². The maximum absolute atomic E-state index is 12.9. The highest BCUT2D eigenvalue weighted by molar-refractivity contribution is 5.76. The first-order valence-electron chi connectivity index (χ1n) is 3.25. The second kappa shape index (κ2) is 2.91. The van der Waals surface area contributed by atoms with E-state index in [-0.39, 0.29) is 5.56 Å². The first kappa shape index (κ1) is 8.67. The van der Waals surface area contributed by atoms with Crippen LogP contribution in [0.15, 0.2) is 30.3 Å². The van der Waals surface area contributed by atoms with Crippen LogP contribution in [0.2, 0.25) is 0 Å². The Balaban J connectivity index is 3.06. The summed E-state index contributed by atoms with van der Waals surface area (Å²) in [6.45, 7) is 0. The molecule has 2 N–H and O–H groups in total. The predicted octanol–water partition coefficient (Wildman–Crippen LogP) is 0.886. The molecular weight excluding hydrogens is 163 g/mol. The molecule has 0 bridgehead atoms. The summed E-state index contributed by atoms with van der Waals surface area (Å²) < 4.78 is 12.9. The fraction of sp³-hybridized carbons (Fsp3) is 0.125. The molecule has 0 fully saturated rings. The molecule has 0 spiro atoms. The van der Waals surface area contributed by atoms with Crippen LogP contribution in [0.1, 0.15) is 5.56 Å². The van der Waals surface area contributed by atoms with E-state index in [0.29, 0.717) is 0 Å². The van der Waals surface area contributed by atoms with Crippen molar-refractivity contribution in [2.24, 2.45) is 0 Å². The molecule has 1 atom stereocenters. The fourth-order valence-corrected chi connectivity index (χ4v) is 0.782. The normalized spacial score (nSPS) is 15.2. The minimum Gasteiger partial charge on any atom is -0.477 e. The van der Waals surface area contributed by atoms with Crippen molar-refractivity contribution in [2.45, 2.75) is 5.85 Å². The number of hydrogen-bond acceptors (Lipinski definition) is 2. The second-order valence-corrected chi connectivity index (χ2v) is 2.29. The Morgan fingerprint density at radius 1 is 1.33 bits per heavy atom. The van der Waals surface area contributed by atoms with E-state index in [1.54, 1.807) is 6.07 Å². The largest absolute Gasteiger partial charge is 0.477 e. The van der Waals surface area contributed by atoms with Gasteiger partial charge < -0.3 is 10.2 Å². The zero-order valence-electron chi connectivity index (χ0n) is 6.07. The van der Waals surface area contributed by atoms with Gasteiger partial charge in [-0.2, -0.15) is 4.39 Å². The molecule has 0 saturated carbocycles. The van der Waals surface area contributed by atoms with Gasteiger partial charge in [-0.25, -0.2) is 4.79 Å². The molecule has 0 unspecified atom stereocenters. The van der Waals surface area contributed by atoms with Crippen LogP contribution in [-0.4, -0.2) is 16.2 Å². The number of aliphatic hydroxyl groups is 1. The third-order valence-electron chi connectivity index (χ3n) is 1.44. The Kier molecular flexibility index (Phi) is 2.10. The lowest BCUT2D eigenvalue weighted by atomic mass is 10.1. The van der Waals surface area contributed by atoms with Crippen LogP contribution in [0.25, 0.3) is 0 Å². The third kappa shape index (κ3) is 1.43. The summed E-state index contributed by atoms with van der Waals surface area (Å²) in [5.41, 5.74) is -0.280. The summed E-state index contributed by atoms with van der Waals surface area (Å²) >= 11 is 0. The number of rotatable bonds is 2. The molecule has 0 aliphatic heterocycles. The van der Waals surface area contributed by atoms with Crippen molar-refractivity contribution < 1.29 is 19.4 Å². The topological polar surface area (TPSA) is 57.5 Å². The van der Waals surface area contributed by atoms with E-state index >= 15 is 0 Å². The van der Waals surface area contributed by atoms with Crippen LogP contribution >= 0.6 is 0 Å². The van der Waals surface area contributed by atoms with Crippen LogP contribution in [0, 0.1) is 0 Å². The van der Waals surface area contributed by atoms with E-state index in [1.165, 1.54) is 24.3 Å². The maximum Gasteiger partial charge on any atom is 0.374 e. The minimum atomic E-state index is -3.29. The predicted molar refractivity (Wildman–Crippen MR) is 39.1 cm³/mol. The zero-order chi connectivity index (χ0) is 9.19. The molecule has 64 valence electrons. The van der Waals surface area contributed by atoms with E-state index < -0.39 is 11.8 Å². The Labute approximate surface area is 68.1 Å². The Morgan fingerprint density at radius 2 is 1.83 bits per heavy atom. The average Bonchev–Trinajstić information content (AvgIpc) is 2.06. The first-order chi connectivity index (χ1) is 5.55. The molecule has 1 rings (SSSR count). The quantitative estimate of drug-likeness (QED) is 0.692. The molecule has 12 heavy (non-hydrogen) atoms. The van der Waals surface area contributed by atoms with Gasteiger partial charge in [0.15, 0.2) is 0 Å². The van der Waals surface area contributed by atoms with E-state index in [0.717, 1.165) is 0 Å². The number of hydrogen-bond donors (Lipinski definition) is 2. The van der Waals surface area contributed by atoms with Gasteiger partial charge in [-0.15, -0.1) is 0 Å². The van der Waals surface area contributed by atoms with Gasteiger partial charge in [0.05, 0.1) is 0 Å². The van der Waals surface area contributed by atoms with Gasteiger partial charge in [-0.05, 0) is 0 Å². The Hall–Kier alpha value is -1.42. The van der Waals surface area contributed by atoms with Gasteiger partial charge in [0.1, 0.15) is 0 Å². The molecule has 0 radical (unpaired) electrons. The highest BCUT2D eigenvalue weighted by Gasteiger charge is 2.37. The number of carbonyl (C=O) groups is 1. The first-order valence-corrected chi connectivity index (χ1v) is 3.25. The number of carboxylic acids is 1. The average molecular weight is 170 g/mol. The van der Waals surface area contributed by atoms with Crippen molar-refractivity contribution in [2.75, 3.05) is 0 Å². The SMILES string of the molecule is O=C(O)[C@](O)(F)c1ccccc1. The summed E-state index contributed by atoms with van der Waals surface area (Å²) in [5, 5.41) is 17.1. The minimum absolute atomic E-state index is 0.280. The standard InChI is InChI=1S/C8H7FO3/c9-8(12,7(10)11)6-4-2-1-3-5-6/h1-5,12H,(H,10,11)/t8-/m0/s1. The van der Waals surface area contributed by atoms with Gasteiger partial charge in [0.25, 0.3) is 0 Å². The van der Waals surface area contributed by atoms with Crippen LogP contribution in [0.3, 0.4) is 0 Å². The molecule has 3 nitrogen and oxygen atoms in total. The lowest BCUT2D eigenvalue weighted by Crippen LogP contribution is -2.29. The van der Waals surface area contributed by atoms with Crippen LogP contribution in [0.5, 0.6) is 0 Å². The van der Waals surface area contributed by atoms with Gasteiger partial charge in [0.2, 0.25) is 0 Å². The van der Waals surface area contributed by atoms with Crippen molar-refractivity contribution in [3.63, 3.8) is 0 Å². The molecular formula is C8H7FO3. The molecule has 0 aromatic heterocycles. The molecule has 1 aromatic rings. The number of carboxylic acid groups (broad SMARTS) is 1. The molecule has 4 heteroatoms. The Bertz CT molecular complexity index is 282. The van der Waals surface area contributed by atoms with Gasteiger partial charge in [-0.3, -0.25) is 0 Å². The van der Waals surface area contributed by atoms with E-state index in [9.17, 15) is 9.18 Å². The third-order valence-corrected chi connectivity index (χ3v) is 1.44. The second-order valence-electron chi connectivity index (χ2n) is 2.29. The smallest absolute Gasteiger partial charge is 0.374 e. The van der Waals surface area contributed by atoms with Gasteiger partial charge in [0, 0.05) is 5.56 Å². The lowest BCUT2D eigenvalue weighted by molar-refractivity contribution is -0.182. The number of halogens is 1. The lowest BCUT2D eigenvalue weighted by Gasteiger charge is -2.12. The van der Waals surface area contributed by atoms with Crippen molar-refractivity contribution in [3.05, 3.63) is 35.9 Å². The number of benzene rings is 1. The summed E-state index contributed by atoms with van der Waals surface area (Å²) in [6, 6.07) is 6.90. The molecule has 0 heterocycles. The van der Waals surface area contributed by atoms with E-state index in [4.69, 9.17) is 10.2 Å². The van der Waals surface area contributed by atoms with E-state index in [2.05, 4.69) is 0 Å². The summed E-state index contributed by atoms with van der Waals surface area (Å²) in [5.74, 6) is -5.20. The van der Waals surface area contributed by atoms with Crippen molar-refractivity contribution in [1.82, 2.24) is 0 Å². The monoisotopic (exact) mass is 170 g/mol. The summed E-state index contributed by atoms with van der Waals surface area (Å²) in [7, 11) is 0. The zero-order valence-corrected chi connectivity index (χ0v) is 6.07. The number of alkyl halides is 1. The van der Waals surface area contributed by atoms with Gasteiger partial charge in [-0.1, -0.05) is 30.3 Å². The van der Waals surface area contributed by atoms with Crippen molar-refractivity contribution >= 4 is 5.97 Å². The molecule has 0 amide bonds. The maximum atomic E-state index is 12.9. The van der Waals surface area contributed by atoms with Crippen molar-refractivity contribution in [1.29, 1.82) is 0 Å². The van der Waals surface area contributed by atoms with Crippen LogP contribution in [-0.2, 0) is 10.6 Å². The van der Waals surface area contributed by atoms with Gasteiger partial charge >= 0.3 is 11.8 Å².